The van der Waals surface area contributed by atoms with Crippen molar-refractivity contribution in [1.29, 1.82) is 0 Å². The maximum atomic E-state index is 5.29. The third-order valence-electron chi connectivity index (χ3n) is 2.47. The molecule has 1 fully saturated rings. The van der Waals surface area contributed by atoms with Gasteiger partial charge in [0.1, 0.15) is 12.2 Å². The summed E-state index contributed by atoms with van der Waals surface area (Å²) < 4.78 is 7.20. The standard InChI is InChI=1S/C10H18N4O/c1-2-15-6-5-14-10(12-8-13-14)7-11-9-3-4-9/h8-9,11H,2-7H2,1H3. The molecule has 15 heavy (non-hydrogen) atoms. The fourth-order valence-electron chi connectivity index (χ4n) is 1.43. The van der Waals surface area contributed by atoms with Crippen molar-refractivity contribution in [2.24, 2.45) is 0 Å². The molecule has 84 valence electrons. The summed E-state index contributed by atoms with van der Waals surface area (Å²) in [5.74, 6) is 1.00. The third-order valence-corrected chi connectivity index (χ3v) is 2.47. The van der Waals surface area contributed by atoms with Crippen LogP contribution >= 0.6 is 0 Å². The van der Waals surface area contributed by atoms with Crippen LogP contribution in [-0.2, 0) is 17.8 Å². The fraction of sp³-hybridized carbons (Fsp3) is 0.800. The van der Waals surface area contributed by atoms with Gasteiger partial charge in [0.2, 0.25) is 0 Å². The Kier molecular flexibility index (Phi) is 3.69. The van der Waals surface area contributed by atoms with Crippen LogP contribution in [0.2, 0.25) is 0 Å². The van der Waals surface area contributed by atoms with Gasteiger partial charge in [-0.25, -0.2) is 9.67 Å². The van der Waals surface area contributed by atoms with Gasteiger partial charge in [-0.3, -0.25) is 0 Å². The summed E-state index contributed by atoms with van der Waals surface area (Å²) in [6.07, 6.45) is 4.20. The summed E-state index contributed by atoms with van der Waals surface area (Å²) >= 11 is 0. The minimum atomic E-state index is 0.705. The second-order valence-corrected chi connectivity index (χ2v) is 3.75. The molecule has 1 heterocycles. The van der Waals surface area contributed by atoms with Crippen LogP contribution < -0.4 is 5.32 Å². The average molecular weight is 210 g/mol. The summed E-state index contributed by atoms with van der Waals surface area (Å²) in [5, 5.41) is 7.60. The summed E-state index contributed by atoms with van der Waals surface area (Å²) in [6.45, 7) is 5.06. The third kappa shape index (κ3) is 3.28. The van der Waals surface area contributed by atoms with E-state index in [1.165, 1.54) is 12.8 Å². The molecular weight excluding hydrogens is 192 g/mol. The molecule has 0 aliphatic heterocycles. The highest BCUT2D eigenvalue weighted by atomic mass is 16.5. The molecule has 0 aromatic carbocycles. The SMILES string of the molecule is CCOCCn1ncnc1CNC1CC1. The van der Waals surface area contributed by atoms with E-state index >= 15 is 0 Å². The van der Waals surface area contributed by atoms with Crippen LogP contribution in [0.15, 0.2) is 6.33 Å². The number of aromatic nitrogens is 3. The van der Waals surface area contributed by atoms with Crippen LogP contribution in [0.5, 0.6) is 0 Å². The van der Waals surface area contributed by atoms with E-state index in [0.29, 0.717) is 12.6 Å². The molecule has 0 unspecified atom stereocenters. The Morgan fingerprint density at radius 2 is 2.47 bits per heavy atom. The van der Waals surface area contributed by atoms with Gasteiger partial charge in [-0.2, -0.15) is 5.10 Å². The van der Waals surface area contributed by atoms with E-state index in [2.05, 4.69) is 15.4 Å². The molecule has 0 spiro atoms. The zero-order chi connectivity index (χ0) is 10.5. The molecular formula is C10H18N4O. The van der Waals surface area contributed by atoms with Gasteiger partial charge in [0.05, 0.1) is 19.7 Å². The van der Waals surface area contributed by atoms with Crippen molar-refractivity contribution in [3.05, 3.63) is 12.2 Å². The van der Waals surface area contributed by atoms with Gasteiger partial charge in [0, 0.05) is 12.6 Å². The van der Waals surface area contributed by atoms with E-state index in [1.807, 2.05) is 11.6 Å². The first-order valence-corrected chi connectivity index (χ1v) is 5.58. The van der Waals surface area contributed by atoms with Crippen molar-refractivity contribution in [1.82, 2.24) is 20.1 Å². The monoisotopic (exact) mass is 210 g/mol. The second-order valence-electron chi connectivity index (χ2n) is 3.75. The van der Waals surface area contributed by atoms with E-state index in [4.69, 9.17) is 4.74 Å². The van der Waals surface area contributed by atoms with Crippen molar-refractivity contribution < 1.29 is 4.74 Å². The Morgan fingerprint density at radius 1 is 1.60 bits per heavy atom. The Bertz CT molecular complexity index is 295. The van der Waals surface area contributed by atoms with Gasteiger partial charge in [-0.05, 0) is 19.8 Å². The molecule has 0 amide bonds. The maximum Gasteiger partial charge on any atom is 0.140 e. The molecule has 1 N–H and O–H groups in total. The number of ether oxygens (including phenoxy) is 1. The summed E-state index contributed by atoms with van der Waals surface area (Å²) in [4.78, 5) is 4.23. The molecule has 5 nitrogen and oxygen atoms in total. The summed E-state index contributed by atoms with van der Waals surface area (Å²) in [6, 6.07) is 0.710. The van der Waals surface area contributed by atoms with Gasteiger partial charge in [0.15, 0.2) is 0 Å². The second kappa shape index (κ2) is 5.23. The van der Waals surface area contributed by atoms with Gasteiger partial charge >= 0.3 is 0 Å². The van der Waals surface area contributed by atoms with E-state index in [0.717, 1.165) is 25.5 Å². The Hall–Kier alpha value is -0.940. The minimum absolute atomic E-state index is 0.705. The first-order valence-electron chi connectivity index (χ1n) is 5.58. The Morgan fingerprint density at radius 3 is 3.20 bits per heavy atom. The van der Waals surface area contributed by atoms with Crippen LogP contribution in [0.1, 0.15) is 25.6 Å². The first-order chi connectivity index (χ1) is 7.40. The lowest BCUT2D eigenvalue weighted by Gasteiger charge is -2.06. The predicted molar refractivity (Wildman–Crippen MR) is 56.4 cm³/mol. The molecule has 1 aromatic rings. The lowest BCUT2D eigenvalue weighted by Crippen LogP contribution is -2.20. The zero-order valence-electron chi connectivity index (χ0n) is 9.15. The summed E-state index contributed by atoms with van der Waals surface area (Å²) in [7, 11) is 0. The van der Waals surface area contributed by atoms with E-state index in [-0.39, 0.29) is 0 Å². The highest BCUT2D eigenvalue weighted by Crippen LogP contribution is 2.18. The van der Waals surface area contributed by atoms with Gasteiger partial charge < -0.3 is 10.1 Å². The van der Waals surface area contributed by atoms with Crippen LogP contribution in [0.3, 0.4) is 0 Å². The lowest BCUT2D eigenvalue weighted by atomic mass is 10.5. The zero-order valence-corrected chi connectivity index (χ0v) is 9.15. The highest BCUT2D eigenvalue weighted by molar-refractivity contribution is 4.88. The van der Waals surface area contributed by atoms with Crippen molar-refractivity contribution in [2.45, 2.75) is 38.9 Å². The van der Waals surface area contributed by atoms with Gasteiger partial charge in [-0.1, -0.05) is 0 Å². The largest absolute Gasteiger partial charge is 0.380 e. The number of hydrogen-bond donors (Lipinski definition) is 1. The van der Waals surface area contributed by atoms with Crippen LogP contribution in [0.25, 0.3) is 0 Å². The molecule has 0 radical (unpaired) electrons. The smallest absolute Gasteiger partial charge is 0.140 e. The van der Waals surface area contributed by atoms with Crippen molar-refractivity contribution in [3.63, 3.8) is 0 Å². The number of nitrogens with zero attached hydrogens (tertiary/aromatic N) is 3. The normalized spacial score (nSPS) is 15.8. The van der Waals surface area contributed by atoms with Gasteiger partial charge in [-0.15, -0.1) is 0 Å². The Labute approximate surface area is 89.8 Å². The van der Waals surface area contributed by atoms with Crippen molar-refractivity contribution in [3.8, 4) is 0 Å². The fourth-order valence-corrected chi connectivity index (χ4v) is 1.43. The molecule has 0 atom stereocenters. The molecule has 5 heteroatoms. The van der Waals surface area contributed by atoms with Crippen molar-refractivity contribution in [2.75, 3.05) is 13.2 Å². The van der Waals surface area contributed by atoms with Crippen molar-refractivity contribution >= 4 is 0 Å². The van der Waals surface area contributed by atoms with Crippen LogP contribution in [0, 0.1) is 0 Å². The number of nitrogens with one attached hydrogen (secondary N) is 1. The number of rotatable bonds is 7. The molecule has 1 aromatic heterocycles. The number of hydrogen-bond acceptors (Lipinski definition) is 4. The Balaban J connectivity index is 1.78. The topological polar surface area (TPSA) is 52.0 Å². The van der Waals surface area contributed by atoms with E-state index in [9.17, 15) is 0 Å². The highest BCUT2D eigenvalue weighted by Gasteiger charge is 2.20. The van der Waals surface area contributed by atoms with E-state index in [1.54, 1.807) is 6.33 Å². The quantitative estimate of drug-likeness (QED) is 0.668. The van der Waals surface area contributed by atoms with Crippen LogP contribution in [-0.4, -0.2) is 34.0 Å². The van der Waals surface area contributed by atoms with Crippen LogP contribution in [0.4, 0.5) is 0 Å². The molecule has 2 rings (SSSR count). The maximum absolute atomic E-state index is 5.29. The molecule has 0 saturated heterocycles. The minimum Gasteiger partial charge on any atom is -0.380 e. The average Bonchev–Trinajstić information content (AvgIpc) is 2.97. The molecule has 0 bridgehead atoms. The molecule has 1 saturated carbocycles. The molecule has 1 aliphatic carbocycles. The van der Waals surface area contributed by atoms with Gasteiger partial charge in [0.25, 0.3) is 0 Å². The van der Waals surface area contributed by atoms with E-state index < -0.39 is 0 Å². The lowest BCUT2D eigenvalue weighted by molar-refractivity contribution is 0.135. The summed E-state index contributed by atoms with van der Waals surface area (Å²) in [5.41, 5.74) is 0. The predicted octanol–water partition coefficient (Wildman–Crippen LogP) is 0.567. The first kappa shape index (κ1) is 10.6. The molecule has 1 aliphatic rings.